The van der Waals surface area contributed by atoms with Gasteiger partial charge >= 0.3 is 6.18 Å². The Morgan fingerprint density at radius 2 is 1.91 bits per heavy atom. The second-order valence-electron chi connectivity index (χ2n) is 12.3. The summed E-state index contributed by atoms with van der Waals surface area (Å²) in [5, 5.41) is 8.76. The molecule has 47 heavy (non-hydrogen) atoms. The van der Waals surface area contributed by atoms with Crippen molar-refractivity contribution in [3.05, 3.63) is 64.8 Å². The summed E-state index contributed by atoms with van der Waals surface area (Å²) in [4.78, 5) is 23.5. The molecule has 2 aromatic carbocycles. The Kier molecular flexibility index (Phi) is 9.87. The topological polar surface area (TPSA) is 129 Å². The van der Waals surface area contributed by atoms with E-state index in [1.807, 2.05) is 0 Å². The van der Waals surface area contributed by atoms with Crippen LogP contribution in [0.3, 0.4) is 0 Å². The Bertz CT molecular complexity index is 1740. The molecule has 1 saturated carbocycles. The number of methoxy groups -OCH3 is 1. The number of likely N-dealkylation sites (tertiary alicyclic amines) is 1. The SMILES string of the molecule is COc1cc(C(=O)NC2CCC3C(CCN3C)C2)ccc1Nc1ncc(C(F)(F)F)c(NCc2ccc(C)cc2N(C)S(C)(=O)=O)n1. The standard InChI is InChI=1S/C32H40F3N7O4S/c1-19-6-7-22(27(14-19)42(3)47(5,44)45)17-36-29-24(32(33,34)35)18-37-31(40-29)39-25-10-8-21(16-28(25)46-4)30(43)38-23-9-11-26-20(15-23)12-13-41(26)2/h6-8,10,14,16,18,20,23,26H,9,11-13,15,17H2,1-5H3,(H,38,43)(H2,36,37,39,40). The van der Waals surface area contributed by atoms with Crippen LogP contribution in [0.1, 0.15) is 52.7 Å². The number of carbonyl (C=O) groups is 1. The lowest BCUT2D eigenvalue weighted by Crippen LogP contribution is -2.43. The first-order valence-corrected chi connectivity index (χ1v) is 17.2. The molecule has 5 rings (SSSR count). The third kappa shape index (κ3) is 7.89. The summed E-state index contributed by atoms with van der Waals surface area (Å²) in [5.74, 6) is -0.00630. The van der Waals surface area contributed by atoms with Crippen molar-refractivity contribution >= 4 is 39.1 Å². The molecular weight excluding hydrogens is 635 g/mol. The highest BCUT2D eigenvalue weighted by atomic mass is 32.2. The van der Waals surface area contributed by atoms with Crippen molar-refractivity contribution in [1.82, 2.24) is 20.2 Å². The highest BCUT2D eigenvalue weighted by molar-refractivity contribution is 7.92. The highest BCUT2D eigenvalue weighted by Gasteiger charge is 2.38. The average molecular weight is 676 g/mol. The van der Waals surface area contributed by atoms with E-state index in [9.17, 15) is 26.4 Å². The van der Waals surface area contributed by atoms with Gasteiger partial charge in [0.1, 0.15) is 17.1 Å². The number of carbonyl (C=O) groups excluding carboxylic acids is 1. The molecule has 2 heterocycles. The number of alkyl halides is 3. The van der Waals surface area contributed by atoms with Crippen molar-refractivity contribution < 1.29 is 31.1 Å². The van der Waals surface area contributed by atoms with Gasteiger partial charge in [-0.3, -0.25) is 9.10 Å². The van der Waals surface area contributed by atoms with E-state index < -0.39 is 27.6 Å². The molecule has 1 aromatic heterocycles. The summed E-state index contributed by atoms with van der Waals surface area (Å²) in [6.45, 7) is 2.72. The molecule has 1 amide bonds. The Balaban J connectivity index is 1.33. The van der Waals surface area contributed by atoms with Gasteiger partial charge in [-0.05, 0) is 87.5 Å². The number of sulfonamides is 1. The molecule has 0 bridgehead atoms. The Morgan fingerprint density at radius 3 is 2.62 bits per heavy atom. The number of aryl methyl sites for hydroxylation is 1. The van der Waals surface area contributed by atoms with Crippen LogP contribution in [0.4, 0.5) is 36.3 Å². The number of fused-ring (bicyclic) bond motifs is 1. The van der Waals surface area contributed by atoms with E-state index in [4.69, 9.17) is 4.74 Å². The molecule has 3 aromatic rings. The van der Waals surface area contributed by atoms with E-state index in [1.54, 1.807) is 43.3 Å². The van der Waals surface area contributed by atoms with Crippen LogP contribution in [0, 0.1) is 12.8 Å². The molecule has 1 aliphatic carbocycles. The lowest BCUT2D eigenvalue weighted by Gasteiger charge is -2.34. The number of benzene rings is 2. The van der Waals surface area contributed by atoms with Crippen LogP contribution in [-0.4, -0.2) is 75.3 Å². The summed E-state index contributed by atoms with van der Waals surface area (Å²) in [6, 6.07) is 10.5. The fourth-order valence-corrected chi connectivity index (χ4v) is 6.92. The highest BCUT2D eigenvalue weighted by Crippen LogP contribution is 2.37. The number of amides is 1. The summed E-state index contributed by atoms with van der Waals surface area (Å²) in [5.41, 5.74) is 1.20. The minimum Gasteiger partial charge on any atom is -0.495 e. The van der Waals surface area contributed by atoms with E-state index in [1.165, 1.54) is 14.2 Å². The second-order valence-corrected chi connectivity index (χ2v) is 14.3. The number of nitrogens with one attached hydrogen (secondary N) is 3. The van der Waals surface area contributed by atoms with Crippen LogP contribution >= 0.6 is 0 Å². The average Bonchev–Trinajstić information content (AvgIpc) is 3.38. The number of anilines is 4. The van der Waals surface area contributed by atoms with Crippen molar-refractivity contribution in [2.75, 3.05) is 48.9 Å². The predicted octanol–water partition coefficient (Wildman–Crippen LogP) is 5.17. The lowest BCUT2D eigenvalue weighted by atomic mass is 9.82. The van der Waals surface area contributed by atoms with Crippen LogP contribution in [0.2, 0.25) is 0 Å². The van der Waals surface area contributed by atoms with Crippen LogP contribution in [0.15, 0.2) is 42.6 Å². The van der Waals surface area contributed by atoms with Gasteiger partial charge in [-0.1, -0.05) is 12.1 Å². The van der Waals surface area contributed by atoms with Gasteiger partial charge in [-0.2, -0.15) is 18.2 Å². The third-order valence-corrected chi connectivity index (χ3v) is 10.2. The number of aromatic nitrogens is 2. The first-order chi connectivity index (χ1) is 22.1. The van der Waals surface area contributed by atoms with Gasteiger partial charge in [0, 0.05) is 37.4 Å². The molecule has 3 N–H and O–H groups in total. The number of halogens is 3. The van der Waals surface area contributed by atoms with Crippen molar-refractivity contribution in [2.45, 2.75) is 57.4 Å². The molecule has 0 spiro atoms. The maximum absolute atomic E-state index is 13.9. The predicted molar refractivity (Wildman–Crippen MR) is 175 cm³/mol. The number of ether oxygens (including phenoxy) is 1. The molecule has 254 valence electrons. The van der Waals surface area contributed by atoms with E-state index in [2.05, 4.69) is 37.9 Å². The maximum atomic E-state index is 13.9. The van der Waals surface area contributed by atoms with E-state index in [0.717, 1.165) is 48.4 Å². The van der Waals surface area contributed by atoms with Gasteiger partial charge in [-0.25, -0.2) is 13.4 Å². The van der Waals surface area contributed by atoms with Crippen molar-refractivity contribution in [3.8, 4) is 5.75 Å². The van der Waals surface area contributed by atoms with Crippen LogP contribution in [-0.2, 0) is 22.7 Å². The number of nitrogens with zero attached hydrogens (tertiary/aromatic N) is 4. The minimum absolute atomic E-state index is 0.0910. The lowest BCUT2D eigenvalue weighted by molar-refractivity contribution is -0.137. The van der Waals surface area contributed by atoms with E-state index >= 15 is 0 Å². The summed E-state index contributed by atoms with van der Waals surface area (Å²) in [6.07, 6.45) is 0.990. The first kappa shape index (κ1) is 34.2. The van der Waals surface area contributed by atoms with Gasteiger partial charge in [0.05, 0.1) is 24.7 Å². The quantitative estimate of drug-likeness (QED) is 0.267. The Hall–Kier alpha value is -4.11. The third-order valence-electron chi connectivity index (χ3n) is 9.02. The zero-order valence-electron chi connectivity index (χ0n) is 27.0. The molecule has 2 fully saturated rings. The summed E-state index contributed by atoms with van der Waals surface area (Å²) >= 11 is 0. The second kappa shape index (κ2) is 13.6. The molecule has 1 aliphatic heterocycles. The van der Waals surface area contributed by atoms with Gasteiger partial charge in [0.15, 0.2) is 0 Å². The number of hydrogen-bond donors (Lipinski definition) is 3. The maximum Gasteiger partial charge on any atom is 0.421 e. The van der Waals surface area contributed by atoms with Gasteiger partial charge in [0.2, 0.25) is 16.0 Å². The van der Waals surface area contributed by atoms with Gasteiger partial charge < -0.3 is 25.6 Å². The first-order valence-electron chi connectivity index (χ1n) is 15.3. The Labute approximate surface area is 273 Å². The largest absolute Gasteiger partial charge is 0.495 e. The van der Waals surface area contributed by atoms with E-state index in [0.29, 0.717) is 40.7 Å². The van der Waals surface area contributed by atoms with Crippen molar-refractivity contribution in [3.63, 3.8) is 0 Å². The van der Waals surface area contributed by atoms with Crippen molar-refractivity contribution in [1.29, 1.82) is 0 Å². The summed E-state index contributed by atoms with van der Waals surface area (Å²) < 4.78 is 72.8. The van der Waals surface area contributed by atoms with Crippen molar-refractivity contribution in [2.24, 2.45) is 5.92 Å². The van der Waals surface area contributed by atoms with Crippen LogP contribution < -0.4 is 25.0 Å². The fourth-order valence-electron chi connectivity index (χ4n) is 6.39. The minimum atomic E-state index is -4.76. The van der Waals surface area contributed by atoms with E-state index in [-0.39, 0.29) is 30.2 Å². The van der Waals surface area contributed by atoms with Crippen LogP contribution in [0.25, 0.3) is 0 Å². The zero-order valence-corrected chi connectivity index (χ0v) is 27.8. The number of hydrogen-bond acceptors (Lipinski definition) is 9. The molecule has 3 atom stereocenters. The molecular formula is C32H40F3N7O4S. The fraction of sp³-hybridized carbons (Fsp3) is 0.469. The molecule has 1 saturated heterocycles. The number of rotatable bonds is 10. The Morgan fingerprint density at radius 1 is 1.15 bits per heavy atom. The zero-order chi connectivity index (χ0) is 34.1. The molecule has 11 nitrogen and oxygen atoms in total. The van der Waals surface area contributed by atoms with Crippen LogP contribution in [0.5, 0.6) is 5.75 Å². The normalized spacial score (nSPS) is 20.0. The molecule has 15 heteroatoms. The molecule has 2 aliphatic rings. The summed E-state index contributed by atoms with van der Waals surface area (Å²) in [7, 11) is 1.33. The smallest absolute Gasteiger partial charge is 0.421 e. The van der Waals surface area contributed by atoms with Gasteiger partial charge in [0.25, 0.3) is 5.91 Å². The van der Waals surface area contributed by atoms with Gasteiger partial charge in [-0.15, -0.1) is 0 Å². The molecule has 0 radical (unpaired) electrons. The monoisotopic (exact) mass is 675 g/mol. The molecule has 3 unspecified atom stereocenters.